The number of rotatable bonds is 8. The average Bonchev–Trinajstić information content (AvgIpc) is 2.94. The number of nitrogens with one attached hydrogen (secondary N) is 1. The van der Waals surface area contributed by atoms with Crippen LogP contribution in [0.2, 0.25) is 0 Å². The summed E-state index contributed by atoms with van der Waals surface area (Å²) in [6.07, 6.45) is 1.10. The van der Waals surface area contributed by atoms with E-state index in [1.165, 1.54) is 12.1 Å². The largest absolute Gasteiger partial charge is 0.464 e. The van der Waals surface area contributed by atoms with Gasteiger partial charge in [-0.1, -0.05) is 6.92 Å². The van der Waals surface area contributed by atoms with Crippen molar-refractivity contribution in [1.29, 1.82) is 0 Å². The summed E-state index contributed by atoms with van der Waals surface area (Å²) in [5.74, 6) is 2.56. The van der Waals surface area contributed by atoms with Gasteiger partial charge in [0.15, 0.2) is 0 Å². The third-order valence-corrected chi connectivity index (χ3v) is 3.91. The number of non-ortho nitro benzene ring substituents is 1. The molecule has 1 heterocycles. The highest BCUT2D eigenvalue weighted by Gasteiger charge is 2.06. The lowest BCUT2D eigenvalue weighted by atomic mass is 10.3. The minimum atomic E-state index is -0.392. The molecule has 0 saturated heterocycles. The van der Waals surface area contributed by atoms with E-state index in [-0.39, 0.29) is 5.69 Å². The summed E-state index contributed by atoms with van der Waals surface area (Å²) in [5.41, 5.74) is 0.113. The predicted octanol–water partition coefficient (Wildman–Crippen LogP) is 3.98. The van der Waals surface area contributed by atoms with E-state index in [0.717, 1.165) is 35.9 Å². The summed E-state index contributed by atoms with van der Waals surface area (Å²) < 4.78 is 5.72. The van der Waals surface area contributed by atoms with Gasteiger partial charge in [-0.25, -0.2) is 0 Å². The Morgan fingerprint density at radius 3 is 2.57 bits per heavy atom. The van der Waals surface area contributed by atoms with E-state index >= 15 is 0 Å². The highest BCUT2D eigenvalue weighted by atomic mass is 32.2. The molecule has 0 bridgehead atoms. The molecule has 0 spiro atoms. The Kier molecular flexibility index (Phi) is 5.83. The maximum atomic E-state index is 10.6. The maximum absolute atomic E-state index is 10.6. The van der Waals surface area contributed by atoms with Crippen molar-refractivity contribution < 1.29 is 9.34 Å². The number of nitrogens with zero attached hydrogens (tertiary/aromatic N) is 1. The molecule has 0 saturated carbocycles. The highest BCUT2D eigenvalue weighted by Crippen LogP contribution is 2.25. The van der Waals surface area contributed by atoms with E-state index in [4.69, 9.17) is 4.42 Å². The van der Waals surface area contributed by atoms with Gasteiger partial charge >= 0.3 is 0 Å². The first-order valence-electron chi connectivity index (χ1n) is 6.84. The summed E-state index contributed by atoms with van der Waals surface area (Å²) in [6, 6.07) is 10.5. The molecule has 0 aliphatic heterocycles. The van der Waals surface area contributed by atoms with Gasteiger partial charge in [-0.15, -0.1) is 11.8 Å². The zero-order valence-corrected chi connectivity index (χ0v) is 12.7. The Labute approximate surface area is 127 Å². The molecule has 2 aromatic rings. The smallest absolute Gasteiger partial charge is 0.269 e. The van der Waals surface area contributed by atoms with Crippen molar-refractivity contribution >= 4 is 17.4 Å². The lowest BCUT2D eigenvalue weighted by molar-refractivity contribution is -0.384. The molecule has 112 valence electrons. The van der Waals surface area contributed by atoms with E-state index in [1.807, 2.05) is 12.1 Å². The molecule has 0 aliphatic rings. The first-order chi connectivity index (χ1) is 10.2. The number of hydrogen-bond acceptors (Lipinski definition) is 5. The summed E-state index contributed by atoms with van der Waals surface area (Å²) in [4.78, 5) is 11.2. The molecule has 1 aromatic heterocycles. The number of thioether (sulfide) groups is 1. The van der Waals surface area contributed by atoms with Gasteiger partial charge in [-0.3, -0.25) is 10.1 Å². The van der Waals surface area contributed by atoms with Crippen molar-refractivity contribution in [3.8, 4) is 0 Å². The molecule has 1 aromatic carbocycles. The second kappa shape index (κ2) is 7.85. The normalized spacial score (nSPS) is 10.7. The quantitative estimate of drug-likeness (QED) is 0.346. The van der Waals surface area contributed by atoms with Gasteiger partial charge < -0.3 is 9.73 Å². The van der Waals surface area contributed by atoms with Crippen molar-refractivity contribution in [2.45, 2.75) is 30.5 Å². The van der Waals surface area contributed by atoms with Gasteiger partial charge in [0.1, 0.15) is 11.5 Å². The van der Waals surface area contributed by atoms with Gasteiger partial charge in [0.2, 0.25) is 0 Å². The molecule has 0 fully saturated rings. The summed E-state index contributed by atoms with van der Waals surface area (Å²) >= 11 is 1.60. The Hall–Kier alpha value is -1.79. The molecule has 0 aliphatic carbocycles. The zero-order valence-electron chi connectivity index (χ0n) is 11.9. The number of nitro groups is 1. The van der Waals surface area contributed by atoms with Crippen molar-refractivity contribution in [3.63, 3.8) is 0 Å². The monoisotopic (exact) mass is 306 g/mol. The first kappa shape index (κ1) is 15.6. The first-order valence-corrected chi connectivity index (χ1v) is 7.83. The van der Waals surface area contributed by atoms with Crippen LogP contribution in [0.1, 0.15) is 24.9 Å². The fraction of sp³-hybridized carbons (Fsp3) is 0.333. The summed E-state index contributed by atoms with van der Waals surface area (Å²) in [6.45, 7) is 3.85. The van der Waals surface area contributed by atoms with Crippen molar-refractivity contribution in [2.75, 3.05) is 6.54 Å². The molecule has 2 rings (SSSR count). The van der Waals surface area contributed by atoms with Crippen LogP contribution in [0.5, 0.6) is 0 Å². The van der Waals surface area contributed by atoms with E-state index in [2.05, 4.69) is 12.2 Å². The van der Waals surface area contributed by atoms with Gasteiger partial charge in [0.25, 0.3) is 5.69 Å². The maximum Gasteiger partial charge on any atom is 0.269 e. The Morgan fingerprint density at radius 1 is 1.19 bits per heavy atom. The fourth-order valence-corrected chi connectivity index (χ4v) is 2.59. The minimum Gasteiger partial charge on any atom is -0.464 e. The van der Waals surface area contributed by atoms with Crippen LogP contribution in [-0.4, -0.2) is 11.5 Å². The second-order valence-corrected chi connectivity index (χ2v) is 5.63. The Balaban J connectivity index is 1.83. The van der Waals surface area contributed by atoms with E-state index in [9.17, 15) is 10.1 Å². The molecule has 0 unspecified atom stereocenters. The number of hydrogen-bond donors (Lipinski definition) is 1. The molecular formula is C15H18N2O3S. The topological polar surface area (TPSA) is 68.3 Å². The molecule has 1 N–H and O–H groups in total. The van der Waals surface area contributed by atoms with Gasteiger partial charge in [0.05, 0.1) is 17.2 Å². The lowest BCUT2D eigenvalue weighted by Crippen LogP contribution is -2.12. The zero-order chi connectivity index (χ0) is 15.1. The van der Waals surface area contributed by atoms with Gasteiger partial charge in [0, 0.05) is 17.0 Å². The molecule has 6 heteroatoms. The second-order valence-electron chi connectivity index (χ2n) is 4.58. The van der Waals surface area contributed by atoms with Gasteiger partial charge in [-0.05, 0) is 37.2 Å². The fourth-order valence-electron chi connectivity index (χ4n) is 1.80. The number of benzene rings is 1. The van der Waals surface area contributed by atoms with Crippen LogP contribution in [-0.2, 0) is 12.3 Å². The summed E-state index contributed by atoms with van der Waals surface area (Å²) in [5, 5.41) is 13.9. The van der Waals surface area contributed by atoms with E-state index in [1.54, 1.807) is 23.9 Å². The average molecular weight is 306 g/mol. The predicted molar refractivity (Wildman–Crippen MR) is 83.4 cm³/mol. The van der Waals surface area contributed by atoms with Crippen LogP contribution in [0.4, 0.5) is 5.69 Å². The van der Waals surface area contributed by atoms with Crippen LogP contribution in [0.3, 0.4) is 0 Å². The van der Waals surface area contributed by atoms with Crippen LogP contribution in [0, 0.1) is 10.1 Å². The molecule has 0 amide bonds. The molecule has 5 nitrogen and oxygen atoms in total. The van der Waals surface area contributed by atoms with Crippen LogP contribution in [0.15, 0.2) is 45.7 Å². The third kappa shape index (κ3) is 4.91. The van der Waals surface area contributed by atoms with Crippen LogP contribution in [0.25, 0.3) is 0 Å². The third-order valence-electron chi connectivity index (χ3n) is 2.87. The van der Waals surface area contributed by atoms with E-state index in [0.29, 0.717) is 5.75 Å². The number of furan rings is 1. The summed E-state index contributed by atoms with van der Waals surface area (Å²) in [7, 11) is 0. The van der Waals surface area contributed by atoms with E-state index < -0.39 is 4.92 Å². The van der Waals surface area contributed by atoms with Crippen LogP contribution < -0.4 is 5.32 Å². The van der Waals surface area contributed by atoms with Crippen molar-refractivity contribution in [1.82, 2.24) is 5.32 Å². The van der Waals surface area contributed by atoms with Crippen LogP contribution >= 0.6 is 11.8 Å². The molecule has 0 radical (unpaired) electrons. The van der Waals surface area contributed by atoms with Crippen molar-refractivity contribution in [3.05, 3.63) is 58.0 Å². The van der Waals surface area contributed by atoms with Gasteiger partial charge in [-0.2, -0.15) is 0 Å². The standard InChI is InChI=1S/C15H18N2O3S/c1-2-9-16-10-13-5-6-14(20-13)11-21-15-7-3-12(4-8-15)17(18)19/h3-8,16H,2,9-11H2,1H3. The Bertz CT molecular complexity index is 581. The highest BCUT2D eigenvalue weighted by molar-refractivity contribution is 7.98. The molecule has 0 atom stereocenters. The minimum absolute atomic E-state index is 0.113. The van der Waals surface area contributed by atoms with Crippen molar-refractivity contribution in [2.24, 2.45) is 0 Å². The molecule has 21 heavy (non-hydrogen) atoms. The number of nitro benzene ring substituents is 1. The SMILES string of the molecule is CCCNCc1ccc(CSc2ccc([N+](=O)[O-])cc2)o1. The molecular weight excluding hydrogens is 288 g/mol. The lowest BCUT2D eigenvalue weighted by Gasteiger charge is -2.00. The Morgan fingerprint density at radius 2 is 1.90 bits per heavy atom.